The molecule has 7 nitrogen and oxygen atoms in total. The molecular weight excluding hydrogens is 256 g/mol. The van der Waals surface area contributed by atoms with E-state index in [0.29, 0.717) is 17.9 Å². The van der Waals surface area contributed by atoms with E-state index in [-0.39, 0.29) is 6.10 Å². The molecule has 2 aromatic heterocycles. The van der Waals surface area contributed by atoms with E-state index in [0.717, 1.165) is 19.4 Å². The first kappa shape index (κ1) is 14.2. The zero-order valence-electron chi connectivity index (χ0n) is 12.1. The molecule has 0 aliphatic carbocycles. The van der Waals surface area contributed by atoms with Gasteiger partial charge in [0, 0.05) is 18.9 Å². The molecule has 0 bridgehead atoms. The SMILES string of the molecule is CCCNc1nc(OC(C)CC)nc(-n2ccnc2)n1. The Balaban J connectivity index is 2.28. The Hall–Kier alpha value is -2.18. The van der Waals surface area contributed by atoms with Crippen LogP contribution >= 0.6 is 0 Å². The number of nitrogens with zero attached hydrogens (tertiary/aromatic N) is 5. The Morgan fingerprint density at radius 2 is 2.15 bits per heavy atom. The minimum atomic E-state index is 0.0621. The van der Waals surface area contributed by atoms with E-state index in [1.54, 1.807) is 23.3 Å². The highest BCUT2D eigenvalue weighted by molar-refractivity contribution is 5.30. The lowest BCUT2D eigenvalue weighted by Crippen LogP contribution is -2.15. The fraction of sp³-hybridized carbons (Fsp3) is 0.538. The Kier molecular flexibility index (Phi) is 4.86. The second kappa shape index (κ2) is 6.83. The Morgan fingerprint density at radius 3 is 2.80 bits per heavy atom. The van der Waals surface area contributed by atoms with Gasteiger partial charge in [-0.2, -0.15) is 15.0 Å². The van der Waals surface area contributed by atoms with Crippen molar-refractivity contribution in [1.82, 2.24) is 24.5 Å². The molecule has 0 amide bonds. The van der Waals surface area contributed by atoms with E-state index in [2.05, 4.69) is 39.1 Å². The summed E-state index contributed by atoms with van der Waals surface area (Å²) in [7, 11) is 0. The standard InChI is InChI=1S/C13H20N6O/c1-4-6-15-11-16-12(19-8-7-14-9-19)18-13(17-11)20-10(3)5-2/h7-10H,4-6H2,1-3H3,(H,15,16,17,18). The van der Waals surface area contributed by atoms with Crippen molar-refractivity contribution >= 4 is 5.95 Å². The molecular formula is C13H20N6O. The summed E-state index contributed by atoms with van der Waals surface area (Å²) in [6.07, 6.45) is 7.06. The van der Waals surface area contributed by atoms with E-state index in [1.165, 1.54) is 0 Å². The molecule has 1 atom stereocenters. The molecule has 0 aliphatic rings. The third-order valence-electron chi connectivity index (χ3n) is 2.75. The number of hydrogen-bond acceptors (Lipinski definition) is 6. The summed E-state index contributed by atoms with van der Waals surface area (Å²) in [6, 6.07) is 0.330. The minimum absolute atomic E-state index is 0.0621. The highest BCUT2D eigenvalue weighted by Crippen LogP contribution is 2.13. The zero-order chi connectivity index (χ0) is 14.4. The van der Waals surface area contributed by atoms with E-state index < -0.39 is 0 Å². The molecule has 0 spiro atoms. The monoisotopic (exact) mass is 276 g/mol. The van der Waals surface area contributed by atoms with E-state index in [9.17, 15) is 0 Å². The van der Waals surface area contributed by atoms with Crippen molar-refractivity contribution in [2.75, 3.05) is 11.9 Å². The lowest BCUT2D eigenvalue weighted by atomic mass is 10.3. The summed E-state index contributed by atoms with van der Waals surface area (Å²) < 4.78 is 7.41. The smallest absolute Gasteiger partial charge is 0.323 e. The van der Waals surface area contributed by atoms with E-state index in [1.807, 2.05) is 6.92 Å². The zero-order valence-corrected chi connectivity index (χ0v) is 12.1. The molecule has 0 saturated heterocycles. The van der Waals surface area contributed by atoms with Gasteiger partial charge in [-0.25, -0.2) is 4.98 Å². The molecule has 7 heteroatoms. The van der Waals surface area contributed by atoms with Crippen LogP contribution in [0.15, 0.2) is 18.7 Å². The van der Waals surface area contributed by atoms with Gasteiger partial charge in [0.2, 0.25) is 11.9 Å². The Morgan fingerprint density at radius 1 is 1.30 bits per heavy atom. The van der Waals surface area contributed by atoms with Crippen LogP contribution in [0.3, 0.4) is 0 Å². The summed E-state index contributed by atoms with van der Waals surface area (Å²) in [5.41, 5.74) is 0. The third-order valence-corrected chi connectivity index (χ3v) is 2.75. The number of nitrogens with one attached hydrogen (secondary N) is 1. The molecule has 0 aliphatic heterocycles. The summed E-state index contributed by atoms with van der Waals surface area (Å²) in [4.78, 5) is 16.9. The lowest BCUT2D eigenvalue weighted by Gasteiger charge is -2.12. The lowest BCUT2D eigenvalue weighted by molar-refractivity contribution is 0.199. The van der Waals surface area contributed by atoms with E-state index >= 15 is 0 Å². The molecule has 108 valence electrons. The van der Waals surface area contributed by atoms with Gasteiger partial charge < -0.3 is 10.1 Å². The van der Waals surface area contributed by atoms with Crippen LogP contribution in [0.5, 0.6) is 6.01 Å². The molecule has 0 saturated carbocycles. The number of aromatic nitrogens is 5. The molecule has 1 N–H and O–H groups in total. The van der Waals surface area contributed by atoms with Gasteiger partial charge in [0.1, 0.15) is 6.33 Å². The van der Waals surface area contributed by atoms with Gasteiger partial charge in [-0.05, 0) is 19.8 Å². The van der Waals surface area contributed by atoms with Crippen molar-refractivity contribution in [1.29, 1.82) is 0 Å². The van der Waals surface area contributed by atoms with Crippen molar-refractivity contribution in [2.45, 2.75) is 39.7 Å². The highest BCUT2D eigenvalue weighted by atomic mass is 16.5. The topological polar surface area (TPSA) is 77.8 Å². The van der Waals surface area contributed by atoms with Crippen molar-refractivity contribution < 1.29 is 4.74 Å². The largest absolute Gasteiger partial charge is 0.460 e. The van der Waals surface area contributed by atoms with Gasteiger partial charge in [-0.15, -0.1) is 0 Å². The number of anilines is 1. The predicted molar refractivity (Wildman–Crippen MR) is 76.1 cm³/mol. The van der Waals surface area contributed by atoms with Crippen LogP contribution in [0.2, 0.25) is 0 Å². The molecule has 0 aromatic carbocycles. The minimum Gasteiger partial charge on any atom is -0.460 e. The van der Waals surface area contributed by atoms with Crippen LogP contribution < -0.4 is 10.1 Å². The van der Waals surface area contributed by atoms with E-state index in [4.69, 9.17) is 4.74 Å². The summed E-state index contributed by atoms with van der Waals surface area (Å²) in [5, 5.41) is 3.15. The molecule has 0 fully saturated rings. The van der Waals surface area contributed by atoms with Gasteiger partial charge in [0.15, 0.2) is 0 Å². The van der Waals surface area contributed by atoms with Crippen LogP contribution in [-0.2, 0) is 0 Å². The maximum absolute atomic E-state index is 5.69. The van der Waals surface area contributed by atoms with Crippen molar-refractivity contribution in [3.8, 4) is 12.0 Å². The molecule has 2 aromatic rings. The van der Waals surface area contributed by atoms with Gasteiger partial charge in [0.25, 0.3) is 0 Å². The fourth-order valence-electron chi connectivity index (χ4n) is 1.47. The molecule has 0 radical (unpaired) electrons. The molecule has 20 heavy (non-hydrogen) atoms. The first-order valence-corrected chi connectivity index (χ1v) is 6.87. The van der Waals surface area contributed by atoms with Gasteiger partial charge >= 0.3 is 6.01 Å². The number of ether oxygens (including phenoxy) is 1. The average Bonchev–Trinajstić information content (AvgIpc) is 2.99. The van der Waals surface area contributed by atoms with Gasteiger partial charge in [-0.1, -0.05) is 13.8 Å². The Bertz CT molecular complexity index is 528. The second-order valence-corrected chi connectivity index (χ2v) is 4.48. The van der Waals surface area contributed by atoms with Crippen LogP contribution in [0.1, 0.15) is 33.6 Å². The van der Waals surface area contributed by atoms with Crippen LogP contribution in [0.4, 0.5) is 5.95 Å². The fourth-order valence-corrected chi connectivity index (χ4v) is 1.47. The Labute approximate surface area is 118 Å². The number of hydrogen-bond donors (Lipinski definition) is 1. The molecule has 2 heterocycles. The number of imidazole rings is 1. The summed E-state index contributed by atoms with van der Waals surface area (Å²) in [5.74, 6) is 1.01. The maximum Gasteiger partial charge on any atom is 0.323 e. The summed E-state index contributed by atoms with van der Waals surface area (Å²) in [6.45, 7) is 6.93. The average molecular weight is 276 g/mol. The van der Waals surface area contributed by atoms with Gasteiger partial charge in [0.05, 0.1) is 6.10 Å². The normalized spacial score (nSPS) is 12.2. The second-order valence-electron chi connectivity index (χ2n) is 4.48. The predicted octanol–water partition coefficient (Wildman–Crippen LogP) is 2.06. The van der Waals surface area contributed by atoms with Crippen LogP contribution in [-0.4, -0.2) is 37.2 Å². The quantitative estimate of drug-likeness (QED) is 0.834. The van der Waals surface area contributed by atoms with Crippen molar-refractivity contribution in [3.05, 3.63) is 18.7 Å². The van der Waals surface area contributed by atoms with Crippen molar-refractivity contribution in [3.63, 3.8) is 0 Å². The van der Waals surface area contributed by atoms with Crippen molar-refractivity contribution in [2.24, 2.45) is 0 Å². The van der Waals surface area contributed by atoms with Crippen LogP contribution in [0.25, 0.3) is 5.95 Å². The third kappa shape index (κ3) is 3.66. The van der Waals surface area contributed by atoms with Gasteiger partial charge in [-0.3, -0.25) is 4.57 Å². The molecule has 2 rings (SSSR count). The molecule has 1 unspecified atom stereocenters. The highest BCUT2D eigenvalue weighted by Gasteiger charge is 2.11. The summed E-state index contributed by atoms with van der Waals surface area (Å²) >= 11 is 0. The number of rotatable bonds is 7. The first-order chi connectivity index (χ1) is 9.72. The maximum atomic E-state index is 5.69. The van der Waals surface area contributed by atoms with Crippen LogP contribution in [0, 0.1) is 0 Å². The first-order valence-electron chi connectivity index (χ1n) is 6.87.